The van der Waals surface area contributed by atoms with Crippen LogP contribution in [-0.2, 0) is 20.1 Å². The molecule has 50 heavy (non-hydrogen) atoms. The first-order valence-electron chi connectivity index (χ1n) is 17.1. The summed E-state index contributed by atoms with van der Waals surface area (Å²) in [4.78, 5) is 8.79. The van der Waals surface area contributed by atoms with Crippen LogP contribution < -0.4 is 9.80 Å². The van der Waals surface area contributed by atoms with Gasteiger partial charge in [-0.05, 0) is 65.0 Å². The maximum Gasteiger partial charge on any atom is 3.00 e. The molecule has 0 saturated heterocycles. The average molecular weight is 828 g/mol. The molecule has 1 aliphatic rings. The summed E-state index contributed by atoms with van der Waals surface area (Å²) in [6.45, 7) is 13.3. The summed E-state index contributed by atoms with van der Waals surface area (Å²) >= 11 is 0. The zero-order valence-corrected chi connectivity index (χ0v) is 31.4. The second-order valence-corrected chi connectivity index (χ2v) is 13.5. The number of aryl methyl sites for hydroxylation is 1. The SMILES string of the molecule is CC(C)c1cccc(C(C)C)c1N1C=CN(c2[c-]cc3c(c2)c2cccc4c5ccccc5n3c24)[CH-]1.Cc1ccc(-c2[c-]cccc2)nc1.[Ir+3]. The Morgan fingerprint density at radius 3 is 2.04 bits per heavy atom. The second-order valence-electron chi connectivity index (χ2n) is 13.5. The van der Waals surface area contributed by atoms with Crippen LogP contribution in [0.2, 0.25) is 0 Å². The van der Waals surface area contributed by atoms with Crippen LogP contribution in [0.1, 0.15) is 56.2 Å². The minimum Gasteiger partial charge on any atom is -0.500 e. The van der Waals surface area contributed by atoms with Crippen LogP contribution in [-0.4, -0.2) is 9.38 Å². The summed E-state index contributed by atoms with van der Waals surface area (Å²) in [6.07, 6.45) is 6.19. The Morgan fingerprint density at radius 2 is 1.34 bits per heavy atom. The van der Waals surface area contributed by atoms with Crippen molar-refractivity contribution in [2.75, 3.05) is 9.80 Å². The third-order valence-corrected chi connectivity index (χ3v) is 9.55. The Balaban J connectivity index is 0.000000236. The van der Waals surface area contributed by atoms with Gasteiger partial charge in [0.05, 0.1) is 0 Å². The summed E-state index contributed by atoms with van der Waals surface area (Å²) in [5, 5.41) is 5.17. The van der Waals surface area contributed by atoms with Crippen LogP contribution in [0.25, 0.3) is 49.4 Å². The van der Waals surface area contributed by atoms with E-state index in [0.29, 0.717) is 11.8 Å². The van der Waals surface area contributed by atoms with Crippen molar-refractivity contribution >= 4 is 49.5 Å². The summed E-state index contributed by atoms with van der Waals surface area (Å²) in [5.74, 6) is 0.900. The van der Waals surface area contributed by atoms with Crippen molar-refractivity contribution in [3.05, 3.63) is 163 Å². The molecule has 3 aromatic heterocycles. The Labute approximate surface area is 308 Å². The molecule has 0 spiro atoms. The molecule has 0 N–H and O–H groups in total. The molecule has 5 aromatic carbocycles. The number of para-hydroxylation sites is 3. The van der Waals surface area contributed by atoms with Crippen LogP contribution in [0.15, 0.2) is 128 Å². The topological polar surface area (TPSA) is 23.8 Å². The van der Waals surface area contributed by atoms with Gasteiger partial charge in [0.15, 0.2) is 0 Å². The standard InChI is InChI=1S/C33H29N3.C12H10N.Ir/c1-21(2)24-10-7-11-25(22(3)4)32(24)35-18-17-34(20-35)23-15-16-31-29(19-23)28-13-8-12-27-26-9-5-6-14-30(26)36(31)33(27)28;1-10-7-8-12(13-9-10)11-5-3-2-4-6-11;/h5-14,16-22H,1-4H3;2-5,7-9H,1H3;/q-2;-1;+3. The van der Waals surface area contributed by atoms with E-state index in [9.17, 15) is 0 Å². The summed E-state index contributed by atoms with van der Waals surface area (Å²) in [5.41, 5.74) is 12.1. The molecule has 4 nitrogen and oxygen atoms in total. The number of rotatable bonds is 5. The van der Waals surface area contributed by atoms with Gasteiger partial charge in [0, 0.05) is 33.7 Å². The largest absolute Gasteiger partial charge is 3.00 e. The molecule has 0 aliphatic carbocycles. The molecule has 0 atom stereocenters. The molecule has 248 valence electrons. The first-order valence-corrected chi connectivity index (χ1v) is 17.1. The summed E-state index contributed by atoms with van der Waals surface area (Å²) in [6, 6.07) is 45.2. The van der Waals surface area contributed by atoms with Crippen molar-refractivity contribution in [1.29, 1.82) is 0 Å². The van der Waals surface area contributed by atoms with Gasteiger partial charge in [0.1, 0.15) is 0 Å². The molecule has 8 aromatic rings. The Kier molecular flexibility index (Phi) is 9.22. The van der Waals surface area contributed by atoms with E-state index in [1.54, 1.807) is 0 Å². The van der Waals surface area contributed by atoms with Gasteiger partial charge in [-0.2, -0.15) is 12.1 Å². The molecule has 0 unspecified atom stereocenters. The van der Waals surface area contributed by atoms with Gasteiger partial charge in [-0.3, -0.25) is 0 Å². The molecule has 5 heteroatoms. The molecule has 0 fully saturated rings. The van der Waals surface area contributed by atoms with E-state index in [4.69, 9.17) is 0 Å². The fraction of sp³-hybridized carbons (Fsp3) is 0.156. The minimum atomic E-state index is 0. The third-order valence-electron chi connectivity index (χ3n) is 9.55. The number of aromatic nitrogens is 2. The fourth-order valence-electron chi connectivity index (χ4n) is 7.13. The molecule has 0 amide bonds. The average Bonchev–Trinajstić information content (AvgIpc) is 3.84. The van der Waals surface area contributed by atoms with Crippen LogP contribution in [0, 0.1) is 25.7 Å². The van der Waals surface area contributed by atoms with Crippen molar-refractivity contribution in [2.24, 2.45) is 0 Å². The molecule has 1 aliphatic heterocycles. The fourth-order valence-corrected chi connectivity index (χ4v) is 7.13. The van der Waals surface area contributed by atoms with Crippen molar-refractivity contribution < 1.29 is 20.1 Å². The zero-order chi connectivity index (χ0) is 33.6. The molecule has 4 heterocycles. The van der Waals surface area contributed by atoms with E-state index in [-0.39, 0.29) is 20.1 Å². The number of fused-ring (bicyclic) bond motifs is 6. The van der Waals surface area contributed by atoms with Gasteiger partial charge in [0.25, 0.3) is 0 Å². The molecule has 0 radical (unpaired) electrons. The summed E-state index contributed by atoms with van der Waals surface area (Å²) < 4.78 is 2.40. The van der Waals surface area contributed by atoms with Crippen molar-refractivity contribution in [1.82, 2.24) is 9.38 Å². The van der Waals surface area contributed by atoms with Crippen molar-refractivity contribution in [3.8, 4) is 11.3 Å². The van der Waals surface area contributed by atoms with Crippen LogP contribution >= 0.6 is 0 Å². The van der Waals surface area contributed by atoms with E-state index < -0.39 is 0 Å². The van der Waals surface area contributed by atoms with Gasteiger partial charge in [-0.15, -0.1) is 59.7 Å². The molecule has 0 bridgehead atoms. The van der Waals surface area contributed by atoms with Gasteiger partial charge in [-0.25, -0.2) is 0 Å². The second kappa shape index (κ2) is 13.7. The van der Waals surface area contributed by atoms with Crippen molar-refractivity contribution in [3.63, 3.8) is 0 Å². The summed E-state index contributed by atoms with van der Waals surface area (Å²) in [7, 11) is 0. The normalized spacial score (nSPS) is 12.9. The smallest absolute Gasteiger partial charge is 0.500 e. The number of hydrogen-bond donors (Lipinski definition) is 0. The first kappa shape index (κ1) is 33.5. The first-order chi connectivity index (χ1) is 23.9. The van der Waals surface area contributed by atoms with Gasteiger partial charge < -0.3 is 19.2 Å². The number of benzene rings is 5. The maximum absolute atomic E-state index is 4.32. The van der Waals surface area contributed by atoms with Crippen molar-refractivity contribution in [2.45, 2.75) is 46.5 Å². The Bertz CT molecular complexity index is 2410. The predicted molar refractivity (Wildman–Crippen MR) is 206 cm³/mol. The minimum absolute atomic E-state index is 0. The Hall–Kier alpha value is -4.96. The van der Waals surface area contributed by atoms with Crippen LogP contribution in [0.5, 0.6) is 0 Å². The maximum atomic E-state index is 4.32. The van der Waals surface area contributed by atoms with Gasteiger partial charge in [-0.1, -0.05) is 99.9 Å². The number of anilines is 2. The predicted octanol–water partition coefficient (Wildman–Crippen LogP) is 11.7. The number of nitrogens with zero attached hydrogens (tertiary/aromatic N) is 4. The van der Waals surface area contributed by atoms with Gasteiger partial charge in [0.2, 0.25) is 0 Å². The van der Waals surface area contributed by atoms with E-state index in [1.807, 2.05) is 43.5 Å². The number of hydrogen-bond acceptors (Lipinski definition) is 3. The van der Waals surface area contributed by atoms with Crippen LogP contribution in [0.3, 0.4) is 0 Å². The number of pyridine rings is 1. The van der Waals surface area contributed by atoms with Crippen LogP contribution in [0.4, 0.5) is 11.4 Å². The van der Waals surface area contributed by atoms with E-state index in [0.717, 1.165) is 16.9 Å². The quantitative estimate of drug-likeness (QED) is 0.162. The molecule has 0 saturated carbocycles. The van der Waals surface area contributed by atoms with E-state index in [1.165, 1.54) is 60.5 Å². The van der Waals surface area contributed by atoms with E-state index >= 15 is 0 Å². The van der Waals surface area contributed by atoms with Gasteiger partial charge >= 0.3 is 20.1 Å². The third kappa shape index (κ3) is 5.85. The zero-order valence-electron chi connectivity index (χ0n) is 29.0. The Morgan fingerprint density at radius 1 is 0.660 bits per heavy atom. The van der Waals surface area contributed by atoms with E-state index in [2.05, 4.69) is 157 Å². The molecular formula is C45H39IrN4. The molecular weight excluding hydrogens is 789 g/mol. The molecule has 9 rings (SSSR count). The monoisotopic (exact) mass is 828 g/mol.